The maximum absolute atomic E-state index is 11.9. The first-order valence-corrected chi connectivity index (χ1v) is 7.88. The van der Waals surface area contributed by atoms with Crippen molar-refractivity contribution in [3.05, 3.63) is 57.2 Å². The number of hydrogen-bond acceptors (Lipinski definition) is 2. The van der Waals surface area contributed by atoms with E-state index < -0.39 is 0 Å². The zero-order chi connectivity index (χ0) is 15.2. The van der Waals surface area contributed by atoms with Crippen LogP contribution in [-0.4, -0.2) is 10.9 Å². The molecule has 5 heteroatoms. The van der Waals surface area contributed by atoms with E-state index in [1.165, 1.54) is 5.56 Å². The molecule has 0 aliphatic rings. The minimum Gasteiger partial charge on any atom is -0.310 e. The standard InChI is InChI=1S/C16H16BrClN2O/c1-11-9-13(17)10-19-16(11)20-15(21)4-2-3-12-5-7-14(18)8-6-12/h5-10H,2-4H2,1H3,(H,19,20,21). The van der Waals surface area contributed by atoms with Gasteiger partial charge in [0, 0.05) is 22.1 Å². The van der Waals surface area contributed by atoms with Crippen LogP contribution in [0.1, 0.15) is 24.0 Å². The lowest BCUT2D eigenvalue weighted by Gasteiger charge is -2.07. The smallest absolute Gasteiger partial charge is 0.225 e. The van der Waals surface area contributed by atoms with Crippen molar-refractivity contribution in [2.45, 2.75) is 26.2 Å². The molecule has 0 spiro atoms. The lowest BCUT2D eigenvalue weighted by Crippen LogP contribution is -2.13. The second-order valence-electron chi connectivity index (χ2n) is 4.85. The van der Waals surface area contributed by atoms with E-state index in [4.69, 9.17) is 11.6 Å². The molecule has 1 amide bonds. The first kappa shape index (κ1) is 16.0. The molecular formula is C16H16BrClN2O. The van der Waals surface area contributed by atoms with Crippen molar-refractivity contribution in [3.8, 4) is 0 Å². The van der Waals surface area contributed by atoms with E-state index in [1.807, 2.05) is 37.3 Å². The van der Waals surface area contributed by atoms with Crippen LogP contribution >= 0.6 is 27.5 Å². The Bertz CT molecular complexity index is 629. The van der Waals surface area contributed by atoms with Crippen molar-refractivity contribution >= 4 is 39.3 Å². The highest BCUT2D eigenvalue weighted by molar-refractivity contribution is 9.10. The van der Waals surface area contributed by atoms with Crippen molar-refractivity contribution in [3.63, 3.8) is 0 Å². The van der Waals surface area contributed by atoms with Crippen LogP contribution in [0, 0.1) is 6.92 Å². The van der Waals surface area contributed by atoms with Gasteiger partial charge in [-0.25, -0.2) is 4.98 Å². The van der Waals surface area contributed by atoms with Gasteiger partial charge in [-0.1, -0.05) is 23.7 Å². The normalized spacial score (nSPS) is 10.4. The fourth-order valence-corrected chi connectivity index (χ4v) is 2.54. The van der Waals surface area contributed by atoms with E-state index in [2.05, 4.69) is 26.2 Å². The number of hydrogen-bond donors (Lipinski definition) is 1. The number of benzene rings is 1. The molecule has 0 aliphatic heterocycles. The summed E-state index contributed by atoms with van der Waals surface area (Å²) in [4.78, 5) is 16.1. The van der Waals surface area contributed by atoms with Gasteiger partial charge in [-0.05, 0) is 65.0 Å². The largest absolute Gasteiger partial charge is 0.310 e. The summed E-state index contributed by atoms with van der Waals surface area (Å²) in [7, 11) is 0. The van der Waals surface area contributed by atoms with Crippen LogP contribution in [0.4, 0.5) is 5.82 Å². The number of nitrogens with one attached hydrogen (secondary N) is 1. The average molecular weight is 368 g/mol. The molecule has 0 saturated carbocycles. The molecule has 21 heavy (non-hydrogen) atoms. The third kappa shape index (κ3) is 5.14. The van der Waals surface area contributed by atoms with E-state index in [9.17, 15) is 4.79 Å². The van der Waals surface area contributed by atoms with Gasteiger partial charge in [-0.3, -0.25) is 4.79 Å². The molecule has 110 valence electrons. The minimum absolute atomic E-state index is 0.0121. The maximum Gasteiger partial charge on any atom is 0.225 e. The van der Waals surface area contributed by atoms with Gasteiger partial charge in [0.25, 0.3) is 0 Å². The van der Waals surface area contributed by atoms with Crippen LogP contribution in [0.3, 0.4) is 0 Å². The Balaban J connectivity index is 1.81. The van der Waals surface area contributed by atoms with Crippen LogP contribution < -0.4 is 5.32 Å². The number of rotatable bonds is 5. The number of nitrogens with zero attached hydrogens (tertiary/aromatic N) is 1. The van der Waals surface area contributed by atoms with Crippen LogP contribution in [0.5, 0.6) is 0 Å². The second-order valence-corrected chi connectivity index (χ2v) is 6.20. The first-order chi connectivity index (χ1) is 10.0. The van der Waals surface area contributed by atoms with E-state index in [0.29, 0.717) is 12.2 Å². The Hall–Kier alpha value is -1.39. The van der Waals surface area contributed by atoms with Crippen LogP contribution in [0.2, 0.25) is 5.02 Å². The fraction of sp³-hybridized carbons (Fsp3) is 0.250. The molecule has 0 saturated heterocycles. The summed E-state index contributed by atoms with van der Waals surface area (Å²) in [6.07, 6.45) is 3.80. The van der Waals surface area contributed by atoms with Gasteiger partial charge in [-0.2, -0.15) is 0 Å². The Kier molecular flexibility index (Phi) is 5.76. The van der Waals surface area contributed by atoms with E-state index in [1.54, 1.807) is 6.20 Å². The molecule has 0 fully saturated rings. The monoisotopic (exact) mass is 366 g/mol. The predicted octanol–water partition coefficient (Wildman–Crippen LogP) is 4.77. The second kappa shape index (κ2) is 7.57. The molecule has 3 nitrogen and oxygen atoms in total. The van der Waals surface area contributed by atoms with Gasteiger partial charge >= 0.3 is 0 Å². The Labute approximate surface area is 137 Å². The summed E-state index contributed by atoms with van der Waals surface area (Å²) in [5.41, 5.74) is 2.13. The van der Waals surface area contributed by atoms with E-state index in [0.717, 1.165) is 27.9 Å². The zero-order valence-electron chi connectivity index (χ0n) is 11.7. The molecule has 0 unspecified atom stereocenters. The third-order valence-electron chi connectivity index (χ3n) is 3.09. The van der Waals surface area contributed by atoms with Crippen molar-refractivity contribution in [2.75, 3.05) is 5.32 Å². The highest BCUT2D eigenvalue weighted by Gasteiger charge is 2.06. The van der Waals surface area contributed by atoms with Crippen molar-refractivity contribution in [1.29, 1.82) is 0 Å². The quantitative estimate of drug-likeness (QED) is 0.827. The first-order valence-electron chi connectivity index (χ1n) is 6.71. The van der Waals surface area contributed by atoms with Gasteiger partial charge < -0.3 is 5.32 Å². The lowest BCUT2D eigenvalue weighted by molar-refractivity contribution is -0.116. The number of halogens is 2. The number of amides is 1. The fourth-order valence-electron chi connectivity index (χ4n) is 1.97. The number of carbonyl (C=O) groups is 1. The Morgan fingerprint density at radius 2 is 2.05 bits per heavy atom. The van der Waals surface area contributed by atoms with E-state index in [-0.39, 0.29) is 5.91 Å². The molecule has 2 aromatic rings. The van der Waals surface area contributed by atoms with Gasteiger partial charge in [0.15, 0.2) is 0 Å². The Morgan fingerprint density at radius 1 is 1.33 bits per heavy atom. The summed E-state index contributed by atoms with van der Waals surface area (Å²) < 4.78 is 0.903. The van der Waals surface area contributed by atoms with Crippen LogP contribution in [0.15, 0.2) is 41.0 Å². The van der Waals surface area contributed by atoms with Crippen molar-refractivity contribution in [2.24, 2.45) is 0 Å². The number of aryl methyl sites for hydroxylation is 2. The topological polar surface area (TPSA) is 42.0 Å². The predicted molar refractivity (Wildman–Crippen MR) is 89.7 cm³/mol. The SMILES string of the molecule is Cc1cc(Br)cnc1NC(=O)CCCc1ccc(Cl)cc1. The molecular weight excluding hydrogens is 352 g/mol. The molecule has 1 aromatic heterocycles. The van der Waals surface area contributed by atoms with Crippen molar-refractivity contribution in [1.82, 2.24) is 4.98 Å². The van der Waals surface area contributed by atoms with Crippen molar-refractivity contribution < 1.29 is 4.79 Å². The molecule has 0 radical (unpaired) electrons. The molecule has 1 heterocycles. The van der Waals surface area contributed by atoms with Crippen LogP contribution in [-0.2, 0) is 11.2 Å². The highest BCUT2D eigenvalue weighted by atomic mass is 79.9. The Morgan fingerprint density at radius 3 is 2.71 bits per heavy atom. The maximum atomic E-state index is 11.9. The molecule has 1 N–H and O–H groups in total. The number of aromatic nitrogens is 1. The van der Waals surface area contributed by atoms with Gasteiger partial charge in [-0.15, -0.1) is 0 Å². The third-order valence-corrected chi connectivity index (χ3v) is 3.77. The number of pyridine rings is 1. The summed E-state index contributed by atoms with van der Waals surface area (Å²) in [5.74, 6) is 0.608. The van der Waals surface area contributed by atoms with Crippen LogP contribution in [0.25, 0.3) is 0 Å². The summed E-state index contributed by atoms with van der Waals surface area (Å²) >= 11 is 9.19. The van der Waals surface area contributed by atoms with Gasteiger partial charge in [0.05, 0.1) is 0 Å². The molecule has 0 atom stereocenters. The average Bonchev–Trinajstić information content (AvgIpc) is 2.44. The van der Waals surface area contributed by atoms with Gasteiger partial charge in [0.2, 0.25) is 5.91 Å². The molecule has 1 aromatic carbocycles. The lowest BCUT2D eigenvalue weighted by atomic mass is 10.1. The number of carbonyl (C=O) groups excluding carboxylic acids is 1. The molecule has 0 bridgehead atoms. The summed E-state index contributed by atoms with van der Waals surface area (Å²) in [6.45, 7) is 1.92. The summed E-state index contributed by atoms with van der Waals surface area (Å²) in [6, 6.07) is 9.63. The molecule has 2 rings (SSSR count). The molecule has 0 aliphatic carbocycles. The van der Waals surface area contributed by atoms with E-state index >= 15 is 0 Å². The minimum atomic E-state index is -0.0121. The summed E-state index contributed by atoms with van der Waals surface area (Å²) in [5, 5.41) is 3.57. The number of anilines is 1. The highest BCUT2D eigenvalue weighted by Crippen LogP contribution is 2.17. The van der Waals surface area contributed by atoms with Gasteiger partial charge in [0.1, 0.15) is 5.82 Å². The zero-order valence-corrected chi connectivity index (χ0v) is 14.0.